The summed E-state index contributed by atoms with van der Waals surface area (Å²) < 4.78 is 5.27. The molecule has 4 nitrogen and oxygen atoms in total. The molecular weight excluding hydrogens is 244 g/mol. The number of carboxylic acid groups (broad SMARTS) is 1. The van der Waals surface area contributed by atoms with Crippen molar-refractivity contribution in [3.8, 4) is 0 Å². The van der Waals surface area contributed by atoms with Gasteiger partial charge >= 0.3 is 11.9 Å². The van der Waals surface area contributed by atoms with Crippen molar-refractivity contribution in [1.29, 1.82) is 0 Å². The van der Waals surface area contributed by atoms with Gasteiger partial charge in [-0.15, -0.1) is 0 Å². The van der Waals surface area contributed by atoms with Gasteiger partial charge in [-0.05, 0) is 19.3 Å². The summed E-state index contributed by atoms with van der Waals surface area (Å²) in [7, 11) is 0. The lowest BCUT2D eigenvalue weighted by Gasteiger charge is -2.16. The van der Waals surface area contributed by atoms with E-state index < -0.39 is 12.1 Å². The number of ether oxygens (including phenoxy) is 1. The Morgan fingerprint density at radius 2 is 1.63 bits per heavy atom. The van der Waals surface area contributed by atoms with Gasteiger partial charge in [0.05, 0.1) is 6.42 Å². The highest BCUT2D eigenvalue weighted by molar-refractivity contribution is 5.71. The summed E-state index contributed by atoms with van der Waals surface area (Å²) in [6.07, 6.45) is 7.69. The molecule has 0 saturated carbocycles. The second-order valence-electron chi connectivity index (χ2n) is 5.02. The molecule has 1 atom stereocenters. The second-order valence-corrected chi connectivity index (χ2v) is 5.02. The Morgan fingerprint density at radius 3 is 2.21 bits per heavy atom. The molecule has 0 radical (unpaired) electrons. The van der Waals surface area contributed by atoms with Crippen molar-refractivity contribution in [2.24, 2.45) is 0 Å². The first-order chi connectivity index (χ1) is 9.10. The number of rotatable bonds is 12. The predicted octanol–water partition coefficient (Wildman–Crippen LogP) is 3.92. The Labute approximate surface area is 116 Å². The van der Waals surface area contributed by atoms with Crippen molar-refractivity contribution >= 4 is 11.9 Å². The zero-order valence-corrected chi connectivity index (χ0v) is 12.3. The number of hydrogen-bond donors (Lipinski definition) is 1. The predicted molar refractivity (Wildman–Crippen MR) is 75.0 cm³/mol. The van der Waals surface area contributed by atoms with Gasteiger partial charge in [0, 0.05) is 6.42 Å². The Balaban J connectivity index is 3.93. The number of unbranched alkanes of at least 4 members (excludes halogenated alkanes) is 5. The minimum absolute atomic E-state index is 0.0790. The van der Waals surface area contributed by atoms with Gasteiger partial charge in [0.1, 0.15) is 6.10 Å². The summed E-state index contributed by atoms with van der Waals surface area (Å²) in [5.74, 6) is -1.15. The van der Waals surface area contributed by atoms with E-state index in [0.29, 0.717) is 12.8 Å². The van der Waals surface area contributed by atoms with Crippen LogP contribution in [0, 0.1) is 0 Å². The Morgan fingerprint density at radius 1 is 1.00 bits per heavy atom. The Bertz CT molecular complexity index is 251. The maximum Gasteiger partial charge on any atom is 0.307 e. The highest BCUT2D eigenvalue weighted by atomic mass is 16.5. The highest BCUT2D eigenvalue weighted by Gasteiger charge is 2.17. The van der Waals surface area contributed by atoms with Crippen molar-refractivity contribution in [1.82, 2.24) is 0 Å². The molecule has 0 amide bonds. The van der Waals surface area contributed by atoms with Gasteiger partial charge in [0.15, 0.2) is 0 Å². The third-order valence-corrected chi connectivity index (χ3v) is 3.06. The van der Waals surface area contributed by atoms with E-state index >= 15 is 0 Å². The van der Waals surface area contributed by atoms with E-state index in [2.05, 4.69) is 13.8 Å². The summed E-state index contributed by atoms with van der Waals surface area (Å²) in [6.45, 7) is 4.21. The van der Waals surface area contributed by atoms with Crippen molar-refractivity contribution in [2.45, 2.75) is 84.2 Å². The van der Waals surface area contributed by atoms with E-state index in [0.717, 1.165) is 44.9 Å². The largest absolute Gasteiger partial charge is 0.481 e. The fraction of sp³-hybridized carbons (Fsp3) is 0.867. The number of hydrogen-bond acceptors (Lipinski definition) is 3. The average Bonchev–Trinajstić information content (AvgIpc) is 2.34. The summed E-state index contributed by atoms with van der Waals surface area (Å²) >= 11 is 0. The van der Waals surface area contributed by atoms with Crippen LogP contribution in [0.2, 0.25) is 0 Å². The molecule has 0 heterocycles. The van der Waals surface area contributed by atoms with E-state index in [1.807, 2.05) is 0 Å². The topological polar surface area (TPSA) is 63.6 Å². The Hall–Kier alpha value is -1.06. The molecule has 0 aliphatic carbocycles. The fourth-order valence-corrected chi connectivity index (χ4v) is 1.96. The maximum atomic E-state index is 11.6. The average molecular weight is 272 g/mol. The third-order valence-electron chi connectivity index (χ3n) is 3.06. The summed E-state index contributed by atoms with van der Waals surface area (Å²) in [4.78, 5) is 22.3. The molecule has 0 spiro atoms. The van der Waals surface area contributed by atoms with Crippen molar-refractivity contribution in [3.63, 3.8) is 0 Å². The van der Waals surface area contributed by atoms with Crippen LogP contribution in [-0.4, -0.2) is 23.1 Å². The molecule has 0 aromatic carbocycles. The van der Waals surface area contributed by atoms with E-state index in [9.17, 15) is 9.59 Å². The molecule has 112 valence electrons. The maximum absolute atomic E-state index is 11.6. The van der Waals surface area contributed by atoms with E-state index in [-0.39, 0.29) is 12.4 Å². The zero-order chi connectivity index (χ0) is 14.5. The Kier molecular flexibility index (Phi) is 11.3. The van der Waals surface area contributed by atoms with Gasteiger partial charge < -0.3 is 9.84 Å². The van der Waals surface area contributed by atoms with Crippen LogP contribution < -0.4 is 0 Å². The van der Waals surface area contributed by atoms with Crippen molar-refractivity contribution < 1.29 is 19.4 Å². The first kappa shape index (κ1) is 17.9. The smallest absolute Gasteiger partial charge is 0.307 e. The van der Waals surface area contributed by atoms with Crippen LogP contribution in [-0.2, 0) is 14.3 Å². The molecule has 0 aliphatic heterocycles. The lowest BCUT2D eigenvalue weighted by atomic mass is 10.1. The lowest BCUT2D eigenvalue weighted by Crippen LogP contribution is -2.21. The SMILES string of the molecule is CCCCCCC(=O)OC(CCCCC)CC(=O)O. The standard InChI is InChI=1S/C15H28O4/c1-3-5-7-9-11-15(18)19-13(12-14(16)17)10-8-6-4-2/h13H,3-12H2,1-2H3,(H,16,17). The second kappa shape index (κ2) is 12.0. The van der Waals surface area contributed by atoms with Gasteiger partial charge in [-0.3, -0.25) is 9.59 Å². The molecular formula is C15H28O4. The number of carboxylic acids is 1. The van der Waals surface area contributed by atoms with E-state index in [1.54, 1.807) is 0 Å². The van der Waals surface area contributed by atoms with Crippen LogP contribution in [0.4, 0.5) is 0 Å². The summed E-state index contributed by atoms with van der Waals surface area (Å²) in [5, 5.41) is 8.81. The van der Waals surface area contributed by atoms with Crippen LogP contribution in [0.25, 0.3) is 0 Å². The monoisotopic (exact) mass is 272 g/mol. The molecule has 0 fully saturated rings. The van der Waals surface area contributed by atoms with Crippen molar-refractivity contribution in [3.05, 3.63) is 0 Å². The van der Waals surface area contributed by atoms with Crippen LogP contribution in [0.5, 0.6) is 0 Å². The third kappa shape index (κ3) is 11.7. The molecule has 19 heavy (non-hydrogen) atoms. The van der Waals surface area contributed by atoms with Gasteiger partial charge in [0.25, 0.3) is 0 Å². The normalized spacial score (nSPS) is 12.1. The molecule has 0 rings (SSSR count). The lowest BCUT2D eigenvalue weighted by molar-refractivity contribution is -0.153. The molecule has 0 saturated heterocycles. The molecule has 0 aromatic heterocycles. The minimum atomic E-state index is -0.903. The fourth-order valence-electron chi connectivity index (χ4n) is 1.96. The quantitative estimate of drug-likeness (QED) is 0.432. The van der Waals surface area contributed by atoms with Crippen LogP contribution in [0.1, 0.15) is 78.1 Å². The van der Waals surface area contributed by atoms with E-state index in [4.69, 9.17) is 9.84 Å². The molecule has 4 heteroatoms. The van der Waals surface area contributed by atoms with Gasteiger partial charge in [-0.25, -0.2) is 0 Å². The summed E-state index contributed by atoms with van der Waals surface area (Å²) in [5.41, 5.74) is 0. The number of carbonyl (C=O) groups excluding carboxylic acids is 1. The first-order valence-electron chi connectivity index (χ1n) is 7.51. The molecule has 0 bridgehead atoms. The number of carbonyl (C=O) groups is 2. The molecule has 1 unspecified atom stereocenters. The molecule has 1 N–H and O–H groups in total. The van der Waals surface area contributed by atoms with Crippen molar-refractivity contribution in [2.75, 3.05) is 0 Å². The van der Waals surface area contributed by atoms with Crippen LogP contribution in [0.3, 0.4) is 0 Å². The van der Waals surface area contributed by atoms with E-state index in [1.165, 1.54) is 0 Å². The van der Waals surface area contributed by atoms with Crippen LogP contribution in [0.15, 0.2) is 0 Å². The first-order valence-corrected chi connectivity index (χ1v) is 7.51. The highest BCUT2D eigenvalue weighted by Crippen LogP contribution is 2.13. The number of esters is 1. The number of aliphatic carboxylic acids is 1. The van der Waals surface area contributed by atoms with Gasteiger partial charge in [0.2, 0.25) is 0 Å². The minimum Gasteiger partial charge on any atom is -0.481 e. The summed E-state index contributed by atoms with van der Waals surface area (Å²) in [6, 6.07) is 0. The van der Waals surface area contributed by atoms with Crippen LogP contribution >= 0.6 is 0 Å². The van der Waals surface area contributed by atoms with Gasteiger partial charge in [-0.2, -0.15) is 0 Å². The molecule has 0 aliphatic rings. The molecule has 0 aromatic rings. The zero-order valence-electron chi connectivity index (χ0n) is 12.3. The van der Waals surface area contributed by atoms with Gasteiger partial charge in [-0.1, -0.05) is 46.0 Å².